The zero-order valence-corrected chi connectivity index (χ0v) is 14.9. The lowest BCUT2D eigenvalue weighted by Gasteiger charge is -2.21. The number of nitrogens with two attached hydrogens (primary N) is 1. The fourth-order valence-electron chi connectivity index (χ4n) is 2.36. The van der Waals surface area contributed by atoms with Gasteiger partial charge in [-0.05, 0) is 25.3 Å². The molecule has 0 aliphatic carbocycles. The molecule has 0 heterocycles. The van der Waals surface area contributed by atoms with Gasteiger partial charge in [-0.1, -0.05) is 13.8 Å². The minimum Gasteiger partial charge on any atom is -0.450 e. The van der Waals surface area contributed by atoms with Crippen molar-refractivity contribution in [3.05, 3.63) is 33.6 Å². The minimum absolute atomic E-state index is 0.0274. The second-order valence-corrected chi connectivity index (χ2v) is 6.04. The van der Waals surface area contributed by atoms with Crippen LogP contribution in [0.5, 0.6) is 0 Å². The number of amides is 2. The van der Waals surface area contributed by atoms with Crippen LogP contribution in [0.15, 0.2) is 12.1 Å². The number of ether oxygens (including phenoxy) is 1. The standard InChI is InChI=1S/C16H23FN4O5/c1-4-26-16(23)20-11(5-9(2)3)8-19-15(22)12-6-10(17)7-13(14(12)18)21(24)25/h6-7,9,11H,4-5,8,18H2,1-3H3,(H,19,22)(H,20,23). The van der Waals surface area contributed by atoms with Gasteiger partial charge in [-0.15, -0.1) is 0 Å². The molecular weight excluding hydrogens is 347 g/mol. The molecular formula is C16H23FN4O5. The molecule has 2 amide bonds. The predicted octanol–water partition coefficient (Wildman–Crippen LogP) is 2.21. The topological polar surface area (TPSA) is 137 Å². The van der Waals surface area contributed by atoms with Gasteiger partial charge in [0.1, 0.15) is 11.5 Å². The molecule has 0 saturated heterocycles. The van der Waals surface area contributed by atoms with E-state index >= 15 is 0 Å². The lowest BCUT2D eigenvalue weighted by molar-refractivity contribution is -0.384. The van der Waals surface area contributed by atoms with Gasteiger partial charge in [0.15, 0.2) is 0 Å². The summed E-state index contributed by atoms with van der Waals surface area (Å²) in [7, 11) is 0. The highest BCUT2D eigenvalue weighted by Gasteiger charge is 2.23. The van der Waals surface area contributed by atoms with Gasteiger partial charge in [-0.3, -0.25) is 14.9 Å². The molecule has 0 aliphatic heterocycles. The normalized spacial score (nSPS) is 11.7. The average Bonchev–Trinajstić information content (AvgIpc) is 2.53. The summed E-state index contributed by atoms with van der Waals surface area (Å²) < 4.78 is 18.4. The number of nitro benzene ring substituents is 1. The van der Waals surface area contributed by atoms with Crippen molar-refractivity contribution in [2.24, 2.45) is 5.92 Å². The number of hydrogen-bond donors (Lipinski definition) is 3. The molecule has 1 rings (SSSR count). The van der Waals surface area contributed by atoms with Crippen LogP contribution >= 0.6 is 0 Å². The Morgan fingerprint density at radius 3 is 2.58 bits per heavy atom. The van der Waals surface area contributed by atoms with Gasteiger partial charge in [0, 0.05) is 12.6 Å². The van der Waals surface area contributed by atoms with Crippen LogP contribution in [-0.4, -0.2) is 36.1 Å². The molecule has 1 aromatic carbocycles. The van der Waals surface area contributed by atoms with Gasteiger partial charge in [-0.25, -0.2) is 9.18 Å². The van der Waals surface area contributed by atoms with Crippen molar-refractivity contribution in [1.29, 1.82) is 0 Å². The number of halogens is 1. The zero-order chi connectivity index (χ0) is 19.9. The molecule has 4 N–H and O–H groups in total. The van der Waals surface area contributed by atoms with E-state index in [4.69, 9.17) is 10.5 Å². The number of nitro groups is 1. The molecule has 0 aromatic heterocycles. The summed E-state index contributed by atoms with van der Waals surface area (Å²) in [5.74, 6) is -1.50. The lowest BCUT2D eigenvalue weighted by atomic mass is 10.0. The third kappa shape index (κ3) is 6.19. The number of carbonyl (C=O) groups is 2. The molecule has 26 heavy (non-hydrogen) atoms. The van der Waals surface area contributed by atoms with Crippen LogP contribution in [0.4, 0.5) is 20.6 Å². The predicted molar refractivity (Wildman–Crippen MR) is 93.2 cm³/mol. The highest BCUT2D eigenvalue weighted by molar-refractivity contribution is 6.01. The number of nitrogen functional groups attached to an aromatic ring is 1. The molecule has 144 valence electrons. The SMILES string of the molecule is CCOC(=O)NC(CNC(=O)c1cc(F)cc([N+](=O)[O-])c1N)CC(C)C. The fraction of sp³-hybridized carbons (Fsp3) is 0.500. The summed E-state index contributed by atoms with van der Waals surface area (Å²) in [6, 6.07) is 1.05. The number of benzene rings is 1. The largest absolute Gasteiger partial charge is 0.450 e. The Kier molecular flexibility index (Phi) is 7.76. The maximum absolute atomic E-state index is 13.5. The first-order chi connectivity index (χ1) is 12.1. The molecule has 0 bridgehead atoms. The number of alkyl carbamates (subject to hydrolysis) is 1. The Morgan fingerprint density at radius 1 is 1.38 bits per heavy atom. The maximum Gasteiger partial charge on any atom is 0.407 e. The minimum atomic E-state index is -0.945. The molecule has 0 spiro atoms. The monoisotopic (exact) mass is 370 g/mol. The molecule has 1 atom stereocenters. The zero-order valence-electron chi connectivity index (χ0n) is 14.9. The second kappa shape index (κ2) is 9.54. The summed E-state index contributed by atoms with van der Waals surface area (Å²) in [5.41, 5.74) is 4.16. The molecule has 9 nitrogen and oxygen atoms in total. The summed E-state index contributed by atoms with van der Waals surface area (Å²) in [6.07, 6.45) is -0.0639. The molecule has 10 heteroatoms. The van der Waals surface area contributed by atoms with Crippen molar-refractivity contribution < 1.29 is 23.6 Å². The van der Waals surface area contributed by atoms with Crippen LogP contribution in [0.25, 0.3) is 0 Å². The van der Waals surface area contributed by atoms with Gasteiger partial charge < -0.3 is 21.1 Å². The van der Waals surface area contributed by atoms with Crippen LogP contribution in [0, 0.1) is 21.8 Å². The number of rotatable bonds is 8. The molecule has 1 aromatic rings. The van der Waals surface area contributed by atoms with Gasteiger partial charge >= 0.3 is 6.09 Å². The van der Waals surface area contributed by atoms with Crippen molar-refractivity contribution in [2.75, 3.05) is 18.9 Å². The molecule has 0 aliphatic rings. The van der Waals surface area contributed by atoms with E-state index in [1.807, 2.05) is 13.8 Å². The first kappa shape index (κ1) is 21.1. The van der Waals surface area contributed by atoms with Crippen molar-refractivity contribution in [2.45, 2.75) is 33.2 Å². The fourth-order valence-corrected chi connectivity index (χ4v) is 2.36. The van der Waals surface area contributed by atoms with Gasteiger partial charge in [0.25, 0.3) is 11.6 Å². The maximum atomic E-state index is 13.5. The highest BCUT2D eigenvalue weighted by Crippen LogP contribution is 2.26. The van der Waals surface area contributed by atoms with E-state index in [0.29, 0.717) is 12.5 Å². The van der Waals surface area contributed by atoms with E-state index < -0.39 is 40.2 Å². The van der Waals surface area contributed by atoms with Crippen molar-refractivity contribution in [3.63, 3.8) is 0 Å². The van der Waals surface area contributed by atoms with E-state index in [1.165, 1.54) is 0 Å². The average molecular weight is 370 g/mol. The smallest absolute Gasteiger partial charge is 0.407 e. The second-order valence-electron chi connectivity index (χ2n) is 6.04. The molecule has 0 fully saturated rings. The Bertz CT molecular complexity index is 681. The van der Waals surface area contributed by atoms with E-state index in [0.717, 1.165) is 6.07 Å². The van der Waals surface area contributed by atoms with Crippen LogP contribution in [0.2, 0.25) is 0 Å². The molecule has 1 unspecified atom stereocenters. The Balaban J connectivity index is 2.87. The third-order valence-electron chi connectivity index (χ3n) is 3.43. The van der Waals surface area contributed by atoms with Crippen LogP contribution < -0.4 is 16.4 Å². The van der Waals surface area contributed by atoms with Crippen molar-refractivity contribution >= 4 is 23.4 Å². The first-order valence-electron chi connectivity index (χ1n) is 8.10. The van der Waals surface area contributed by atoms with Gasteiger partial charge in [-0.2, -0.15) is 0 Å². The highest BCUT2D eigenvalue weighted by atomic mass is 19.1. The first-order valence-corrected chi connectivity index (χ1v) is 8.10. The number of hydrogen-bond acceptors (Lipinski definition) is 6. The molecule has 0 radical (unpaired) electrons. The van der Waals surface area contributed by atoms with Crippen molar-refractivity contribution in [1.82, 2.24) is 10.6 Å². The molecule has 0 saturated carbocycles. The number of carbonyl (C=O) groups excluding carboxylic acids is 2. The van der Waals surface area contributed by atoms with Crippen LogP contribution in [-0.2, 0) is 4.74 Å². The van der Waals surface area contributed by atoms with E-state index in [1.54, 1.807) is 6.92 Å². The number of anilines is 1. The summed E-state index contributed by atoms with van der Waals surface area (Å²) >= 11 is 0. The van der Waals surface area contributed by atoms with E-state index in [2.05, 4.69) is 10.6 Å². The quantitative estimate of drug-likeness (QED) is 0.364. The summed E-state index contributed by atoms with van der Waals surface area (Å²) in [5, 5.41) is 16.0. The Labute approximate surface area is 150 Å². The Morgan fingerprint density at radius 2 is 2.04 bits per heavy atom. The Hall–Kier alpha value is -2.91. The van der Waals surface area contributed by atoms with Crippen LogP contribution in [0.3, 0.4) is 0 Å². The summed E-state index contributed by atoms with van der Waals surface area (Å²) in [6.45, 7) is 5.78. The number of nitrogens with zero attached hydrogens (tertiary/aromatic N) is 1. The van der Waals surface area contributed by atoms with Gasteiger partial charge in [0.05, 0.1) is 23.2 Å². The van der Waals surface area contributed by atoms with Crippen molar-refractivity contribution in [3.8, 4) is 0 Å². The van der Waals surface area contributed by atoms with Crippen LogP contribution in [0.1, 0.15) is 37.6 Å². The lowest BCUT2D eigenvalue weighted by Crippen LogP contribution is -2.44. The third-order valence-corrected chi connectivity index (χ3v) is 3.43. The van der Waals surface area contributed by atoms with E-state index in [-0.39, 0.29) is 24.6 Å². The summed E-state index contributed by atoms with van der Waals surface area (Å²) in [4.78, 5) is 33.9. The van der Waals surface area contributed by atoms with E-state index in [9.17, 15) is 24.1 Å². The number of nitrogens with one attached hydrogen (secondary N) is 2. The van der Waals surface area contributed by atoms with Gasteiger partial charge in [0.2, 0.25) is 0 Å².